The second kappa shape index (κ2) is 24.4. The first-order valence-electron chi connectivity index (χ1n) is 28.0. The topological polar surface area (TPSA) is 9.72 Å². The lowest BCUT2D eigenvalue weighted by Gasteiger charge is -2.32. The highest BCUT2D eigenvalue weighted by Gasteiger charge is 2.24. The van der Waals surface area contributed by atoms with E-state index >= 15 is 0 Å². The number of nitrogens with zero attached hydrogens (tertiary/aromatic N) is 3. The molecule has 0 aromatic heterocycles. The van der Waals surface area contributed by atoms with Gasteiger partial charge in [-0.25, -0.2) is 0 Å². The van der Waals surface area contributed by atoms with Gasteiger partial charge in [0.1, 0.15) is 0 Å². The van der Waals surface area contributed by atoms with Crippen LogP contribution in [0.4, 0.5) is 45.5 Å². The summed E-state index contributed by atoms with van der Waals surface area (Å²) in [6.07, 6.45) is 8.80. The summed E-state index contributed by atoms with van der Waals surface area (Å²) in [5.74, 6) is 0. The molecule has 0 atom stereocenters. The molecule has 0 saturated heterocycles. The first-order chi connectivity index (χ1) is 39.6. The lowest BCUT2D eigenvalue weighted by molar-refractivity contribution is 1.26. The maximum absolute atomic E-state index is 2.44. The molecular formula is C78H67N3. The van der Waals surface area contributed by atoms with Crippen molar-refractivity contribution in [1.82, 2.24) is 0 Å². The first kappa shape index (κ1) is 53.1. The van der Waals surface area contributed by atoms with E-state index in [1.54, 1.807) is 0 Å². The molecule has 11 rings (SSSR count). The lowest BCUT2D eigenvalue weighted by Crippen LogP contribution is -2.18. The molecule has 0 aliphatic rings. The standard InChI is InChI=1S/C78H67N3/c1-56-12-40-69(41-13-56)79(70-42-14-57(2)15-43-70)73-52-32-65(33-53-73)27-26-64-30-36-68(37-31-64)78(81(75-48-20-60(5)21-49-75)76-50-22-61(6)23-51-76)77(66-34-28-63(29-35-66)25-24-62-10-8-7-9-11-62)67-38-54-74(55-39-67)80(71-44-16-58(3)17-45-71)72-46-18-59(4)19-47-72/h7-55H,1-6H3. The van der Waals surface area contributed by atoms with Crippen LogP contribution in [-0.4, -0.2) is 0 Å². The zero-order valence-electron chi connectivity index (χ0n) is 47.1. The van der Waals surface area contributed by atoms with Gasteiger partial charge in [0.15, 0.2) is 0 Å². The number of hydrogen-bond donors (Lipinski definition) is 0. The third-order valence-corrected chi connectivity index (χ3v) is 14.9. The Labute approximate surface area is 480 Å². The Balaban J connectivity index is 1.04. The van der Waals surface area contributed by atoms with Crippen molar-refractivity contribution in [2.45, 2.75) is 41.5 Å². The smallest absolute Gasteiger partial charge is 0.0618 e. The van der Waals surface area contributed by atoms with Gasteiger partial charge in [-0.2, -0.15) is 0 Å². The van der Waals surface area contributed by atoms with Gasteiger partial charge >= 0.3 is 0 Å². The zero-order chi connectivity index (χ0) is 55.7. The van der Waals surface area contributed by atoms with Crippen molar-refractivity contribution >= 4 is 81.1 Å². The molecule has 11 aromatic carbocycles. The lowest BCUT2D eigenvalue weighted by atomic mass is 9.90. The van der Waals surface area contributed by atoms with Gasteiger partial charge in [-0.15, -0.1) is 0 Å². The van der Waals surface area contributed by atoms with E-state index in [2.05, 4.69) is 354 Å². The molecule has 0 amide bonds. The molecule has 0 aliphatic carbocycles. The first-order valence-corrected chi connectivity index (χ1v) is 28.0. The highest BCUT2D eigenvalue weighted by Crippen LogP contribution is 2.44. The monoisotopic (exact) mass is 1050 g/mol. The van der Waals surface area contributed by atoms with E-state index in [9.17, 15) is 0 Å². The molecule has 0 spiro atoms. The van der Waals surface area contributed by atoms with Crippen molar-refractivity contribution in [1.29, 1.82) is 0 Å². The van der Waals surface area contributed by atoms with Crippen molar-refractivity contribution in [3.63, 3.8) is 0 Å². The van der Waals surface area contributed by atoms with Crippen LogP contribution in [-0.2, 0) is 0 Å². The van der Waals surface area contributed by atoms with Gasteiger partial charge in [-0.1, -0.05) is 234 Å². The van der Waals surface area contributed by atoms with Gasteiger partial charge in [-0.05, 0) is 178 Å². The van der Waals surface area contributed by atoms with Gasteiger partial charge in [-0.3, -0.25) is 0 Å². The van der Waals surface area contributed by atoms with Crippen LogP contribution in [0.1, 0.15) is 72.3 Å². The van der Waals surface area contributed by atoms with E-state index < -0.39 is 0 Å². The summed E-state index contributed by atoms with van der Waals surface area (Å²) < 4.78 is 0. The normalized spacial score (nSPS) is 11.7. The predicted molar refractivity (Wildman–Crippen MR) is 349 cm³/mol. The zero-order valence-corrected chi connectivity index (χ0v) is 47.1. The molecule has 0 N–H and O–H groups in total. The molecule has 394 valence electrons. The minimum absolute atomic E-state index is 1.06. The fourth-order valence-corrected chi connectivity index (χ4v) is 10.3. The summed E-state index contributed by atoms with van der Waals surface area (Å²) in [5, 5.41) is 0. The van der Waals surface area contributed by atoms with Crippen molar-refractivity contribution in [2.75, 3.05) is 14.7 Å². The highest BCUT2D eigenvalue weighted by atomic mass is 15.2. The Morgan fingerprint density at radius 1 is 0.222 bits per heavy atom. The fraction of sp³-hybridized carbons (Fsp3) is 0.0769. The number of anilines is 8. The van der Waals surface area contributed by atoms with Crippen LogP contribution in [0.15, 0.2) is 273 Å². The van der Waals surface area contributed by atoms with E-state index in [0.717, 1.165) is 95.7 Å². The molecule has 3 heteroatoms. The Morgan fingerprint density at radius 3 is 0.753 bits per heavy atom. The molecule has 0 aliphatic heterocycles. The fourth-order valence-electron chi connectivity index (χ4n) is 10.3. The molecular weight excluding hydrogens is 979 g/mol. The molecule has 11 aromatic rings. The van der Waals surface area contributed by atoms with E-state index in [1.807, 2.05) is 0 Å². The summed E-state index contributed by atoms with van der Waals surface area (Å²) in [7, 11) is 0. The van der Waals surface area contributed by atoms with Crippen molar-refractivity contribution in [2.24, 2.45) is 0 Å². The van der Waals surface area contributed by atoms with Gasteiger partial charge in [0, 0.05) is 51.1 Å². The van der Waals surface area contributed by atoms with Crippen LogP contribution in [0.25, 0.3) is 35.6 Å². The van der Waals surface area contributed by atoms with Crippen LogP contribution in [0.3, 0.4) is 0 Å². The summed E-state index contributed by atoms with van der Waals surface area (Å²) in [6, 6.07) is 99.5. The number of aryl methyl sites for hydroxylation is 6. The maximum atomic E-state index is 2.44. The average molecular weight is 1050 g/mol. The Kier molecular flexibility index (Phi) is 16.0. The number of hydrogen-bond acceptors (Lipinski definition) is 3. The van der Waals surface area contributed by atoms with Crippen LogP contribution < -0.4 is 14.7 Å². The van der Waals surface area contributed by atoms with E-state index in [0.29, 0.717) is 0 Å². The summed E-state index contributed by atoms with van der Waals surface area (Å²) in [6.45, 7) is 12.8. The second-order valence-corrected chi connectivity index (χ2v) is 21.2. The molecule has 3 nitrogen and oxygen atoms in total. The average Bonchev–Trinajstić information content (AvgIpc) is 3.51. The summed E-state index contributed by atoms with van der Waals surface area (Å²) in [5.41, 5.74) is 26.1. The Hall–Kier alpha value is -9.96. The Bertz CT molecular complexity index is 3790. The van der Waals surface area contributed by atoms with Gasteiger partial charge in [0.25, 0.3) is 0 Å². The molecule has 0 radical (unpaired) electrons. The van der Waals surface area contributed by atoms with E-state index in [-0.39, 0.29) is 0 Å². The minimum Gasteiger partial charge on any atom is -0.311 e. The van der Waals surface area contributed by atoms with E-state index in [1.165, 1.54) is 33.4 Å². The number of benzene rings is 11. The van der Waals surface area contributed by atoms with Crippen LogP contribution >= 0.6 is 0 Å². The van der Waals surface area contributed by atoms with Crippen molar-refractivity contribution < 1.29 is 0 Å². The third-order valence-electron chi connectivity index (χ3n) is 14.9. The summed E-state index contributed by atoms with van der Waals surface area (Å²) >= 11 is 0. The van der Waals surface area contributed by atoms with Gasteiger partial charge < -0.3 is 14.7 Å². The van der Waals surface area contributed by atoms with Crippen LogP contribution in [0.2, 0.25) is 0 Å². The highest BCUT2D eigenvalue weighted by molar-refractivity contribution is 6.06. The van der Waals surface area contributed by atoms with Crippen molar-refractivity contribution in [3.8, 4) is 0 Å². The predicted octanol–water partition coefficient (Wildman–Crippen LogP) is 21.6. The molecule has 0 fully saturated rings. The molecule has 0 unspecified atom stereocenters. The van der Waals surface area contributed by atoms with Gasteiger partial charge in [0.2, 0.25) is 0 Å². The van der Waals surface area contributed by atoms with Crippen LogP contribution in [0, 0.1) is 41.5 Å². The molecule has 0 heterocycles. The van der Waals surface area contributed by atoms with Crippen LogP contribution in [0.5, 0.6) is 0 Å². The Morgan fingerprint density at radius 2 is 0.444 bits per heavy atom. The van der Waals surface area contributed by atoms with E-state index in [4.69, 9.17) is 0 Å². The summed E-state index contributed by atoms with van der Waals surface area (Å²) in [4.78, 5) is 7.11. The van der Waals surface area contributed by atoms with Gasteiger partial charge in [0.05, 0.1) is 5.70 Å². The van der Waals surface area contributed by atoms with Crippen molar-refractivity contribution in [3.05, 3.63) is 345 Å². The largest absolute Gasteiger partial charge is 0.311 e. The number of rotatable bonds is 16. The molecule has 0 bridgehead atoms. The third kappa shape index (κ3) is 12.7. The SMILES string of the molecule is Cc1ccc(N(C(=C(c2ccc(C=Cc3ccccc3)cc2)c2ccc(N(c3ccc(C)cc3)c3ccc(C)cc3)cc2)c2ccc(C=Cc3ccc(N(c4ccc(C)cc4)c4ccc(C)cc4)cc3)cc2)c2ccc(C)cc2)cc1. The molecule has 0 saturated carbocycles. The second-order valence-electron chi connectivity index (χ2n) is 21.2. The minimum atomic E-state index is 1.06. The molecule has 81 heavy (non-hydrogen) atoms. The quantitative estimate of drug-likeness (QED) is 0.0893. The maximum Gasteiger partial charge on any atom is 0.0618 e.